The van der Waals surface area contributed by atoms with Gasteiger partial charge < -0.3 is 9.84 Å². The van der Waals surface area contributed by atoms with Crippen molar-refractivity contribution in [3.05, 3.63) is 101 Å². The van der Waals surface area contributed by atoms with E-state index in [1.807, 2.05) is 62.4 Å². The van der Waals surface area contributed by atoms with E-state index in [2.05, 4.69) is 0 Å². The summed E-state index contributed by atoms with van der Waals surface area (Å²) in [7, 11) is 1.53. The summed E-state index contributed by atoms with van der Waals surface area (Å²) in [6, 6.07) is 21.1. The summed E-state index contributed by atoms with van der Waals surface area (Å²) in [4.78, 5) is 27.9. The zero-order chi connectivity index (χ0) is 22.1. The molecule has 1 fully saturated rings. The minimum Gasteiger partial charge on any atom is -0.507 e. The second kappa shape index (κ2) is 8.11. The van der Waals surface area contributed by atoms with Gasteiger partial charge >= 0.3 is 0 Å². The van der Waals surface area contributed by atoms with Crippen LogP contribution in [-0.4, -0.2) is 23.9 Å². The number of amides is 1. The number of carbonyl (C=O) groups excluding carboxylic acids is 2. The molecule has 1 amide bonds. The fourth-order valence-electron chi connectivity index (χ4n) is 4.00. The lowest BCUT2D eigenvalue weighted by Gasteiger charge is -2.27. The maximum Gasteiger partial charge on any atom is 0.300 e. The Morgan fingerprint density at radius 3 is 2.39 bits per heavy atom. The van der Waals surface area contributed by atoms with Gasteiger partial charge in [0.05, 0.1) is 18.7 Å². The smallest absolute Gasteiger partial charge is 0.300 e. The lowest BCUT2D eigenvalue weighted by atomic mass is 9.94. The molecule has 5 heteroatoms. The van der Waals surface area contributed by atoms with E-state index in [4.69, 9.17) is 4.74 Å². The Labute approximate surface area is 181 Å². The largest absolute Gasteiger partial charge is 0.507 e. The Morgan fingerprint density at radius 1 is 0.935 bits per heavy atom. The molecule has 0 aliphatic carbocycles. The van der Waals surface area contributed by atoms with Gasteiger partial charge in [-0.15, -0.1) is 0 Å². The number of anilines is 1. The molecule has 1 atom stereocenters. The molecule has 1 saturated heterocycles. The van der Waals surface area contributed by atoms with Gasteiger partial charge in [0.15, 0.2) is 0 Å². The number of aliphatic hydroxyl groups excluding tert-OH is 1. The molecule has 4 rings (SSSR count). The Balaban J connectivity index is 1.98. The Morgan fingerprint density at radius 2 is 1.68 bits per heavy atom. The fraction of sp³-hybridized carbons (Fsp3) is 0.154. The number of rotatable bonds is 4. The van der Waals surface area contributed by atoms with Crippen molar-refractivity contribution in [1.82, 2.24) is 0 Å². The minimum absolute atomic E-state index is 0.0621. The second-order valence-corrected chi connectivity index (χ2v) is 7.60. The second-order valence-electron chi connectivity index (χ2n) is 7.60. The molecule has 156 valence electrons. The Kier molecular flexibility index (Phi) is 5.34. The number of hydrogen-bond donors (Lipinski definition) is 1. The highest BCUT2D eigenvalue weighted by molar-refractivity contribution is 6.51. The van der Waals surface area contributed by atoms with Gasteiger partial charge in [0, 0.05) is 11.3 Å². The molecule has 0 bridgehead atoms. The van der Waals surface area contributed by atoms with Gasteiger partial charge in [-0.05, 0) is 43.2 Å². The van der Waals surface area contributed by atoms with E-state index in [1.54, 1.807) is 24.3 Å². The molecular weight excluding hydrogens is 390 g/mol. The zero-order valence-electron chi connectivity index (χ0n) is 17.6. The van der Waals surface area contributed by atoms with E-state index in [0.717, 1.165) is 16.7 Å². The number of methoxy groups -OCH3 is 1. The maximum atomic E-state index is 13.2. The van der Waals surface area contributed by atoms with Crippen molar-refractivity contribution >= 4 is 23.1 Å². The third kappa shape index (κ3) is 3.59. The number of nitrogens with zero attached hydrogens (tertiary/aromatic N) is 1. The molecule has 1 aliphatic heterocycles. The maximum absolute atomic E-state index is 13.2. The summed E-state index contributed by atoms with van der Waals surface area (Å²) in [5, 5.41) is 11.2. The topological polar surface area (TPSA) is 66.8 Å². The minimum atomic E-state index is -0.743. The van der Waals surface area contributed by atoms with Crippen molar-refractivity contribution in [2.75, 3.05) is 12.0 Å². The lowest BCUT2D eigenvalue weighted by molar-refractivity contribution is -0.132. The van der Waals surface area contributed by atoms with Gasteiger partial charge in [0.2, 0.25) is 0 Å². The number of Topliss-reactive ketones (excluding diaryl/α,β-unsaturated/α-hetero) is 1. The summed E-state index contributed by atoms with van der Waals surface area (Å²) in [5.41, 5.74) is 3.73. The third-order valence-electron chi connectivity index (χ3n) is 5.52. The number of hydrogen-bond acceptors (Lipinski definition) is 4. The van der Waals surface area contributed by atoms with Crippen LogP contribution in [0.3, 0.4) is 0 Å². The van der Waals surface area contributed by atoms with Crippen molar-refractivity contribution in [2.24, 2.45) is 0 Å². The monoisotopic (exact) mass is 413 g/mol. The summed E-state index contributed by atoms with van der Waals surface area (Å²) < 4.78 is 5.25. The van der Waals surface area contributed by atoms with Crippen LogP contribution >= 0.6 is 0 Å². The number of para-hydroxylation sites is 1. The van der Waals surface area contributed by atoms with Crippen LogP contribution in [0.5, 0.6) is 5.75 Å². The number of aryl methyl sites for hydroxylation is 2. The first kappa shape index (κ1) is 20.4. The van der Waals surface area contributed by atoms with E-state index >= 15 is 0 Å². The lowest BCUT2D eigenvalue weighted by Crippen LogP contribution is -2.30. The SMILES string of the molecule is COc1cccc(/C(O)=C2/C(=O)C(=O)N(c3ccccc3C)C2c2cccc(C)c2)c1. The van der Waals surface area contributed by atoms with Crippen LogP contribution in [0, 0.1) is 13.8 Å². The summed E-state index contributed by atoms with van der Waals surface area (Å²) in [6.07, 6.45) is 0. The van der Waals surface area contributed by atoms with Crippen molar-refractivity contribution in [2.45, 2.75) is 19.9 Å². The van der Waals surface area contributed by atoms with Crippen molar-refractivity contribution in [3.63, 3.8) is 0 Å². The van der Waals surface area contributed by atoms with Crippen molar-refractivity contribution in [1.29, 1.82) is 0 Å². The highest BCUT2D eigenvalue weighted by atomic mass is 16.5. The molecule has 0 saturated carbocycles. The quantitative estimate of drug-likeness (QED) is 0.374. The molecular formula is C26H23NO4. The predicted octanol–water partition coefficient (Wildman–Crippen LogP) is 4.94. The molecule has 3 aromatic carbocycles. The van der Waals surface area contributed by atoms with Gasteiger partial charge in [-0.25, -0.2) is 0 Å². The van der Waals surface area contributed by atoms with Crippen LogP contribution in [0.25, 0.3) is 5.76 Å². The van der Waals surface area contributed by atoms with E-state index < -0.39 is 17.7 Å². The van der Waals surface area contributed by atoms with E-state index in [-0.39, 0.29) is 11.3 Å². The number of aliphatic hydroxyl groups is 1. The molecule has 1 heterocycles. The van der Waals surface area contributed by atoms with Crippen LogP contribution in [0.1, 0.15) is 28.3 Å². The average molecular weight is 413 g/mol. The van der Waals surface area contributed by atoms with E-state index in [1.165, 1.54) is 12.0 Å². The molecule has 1 unspecified atom stereocenters. The molecule has 3 aromatic rings. The van der Waals surface area contributed by atoms with E-state index in [0.29, 0.717) is 17.0 Å². The molecule has 5 nitrogen and oxygen atoms in total. The summed E-state index contributed by atoms with van der Waals surface area (Å²) >= 11 is 0. The molecule has 0 aromatic heterocycles. The van der Waals surface area contributed by atoms with Gasteiger partial charge in [0.1, 0.15) is 11.5 Å². The highest BCUT2D eigenvalue weighted by Crippen LogP contribution is 2.43. The molecule has 0 spiro atoms. The molecule has 31 heavy (non-hydrogen) atoms. The third-order valence-corrected chi connectivity index (χ3v) is 5.52. The molecule has 1 N–H and O–H groups in total. The normalized spacial score (nSPS) is 17.8. The first-order valence-electron chi connectivity index (χ1n) is 10.00. The highest BCUT2D eigenvalue weighted by Gasteiger charge is 2.47. The first-order chi connectivity index (χ1) is 14.9. The predicted molar refractivity (Wildman–Crippen MR) is 120 cm³/mol. The number of ketones is 1. The summed E-state index contributed by atoms with van der Waals surface area (Å²) in [6.45, 7) is 3.84. The van der Waals surface area contributed by atoms with Gasteiger partial charge in [0.25, 0.3) is 11.7 Å². The van der Waals surface area contributed by atoms with E-state index in [9.17, 15) is 14.7 Å². The zero-order valence-corrected chi connectivity index (χ0v) is 17.6. The average Bonchev–Trinajstić information content (AvgIpc) is 3.04. The Bertz CT molecular complexity index is 1210. The molecule has 1 aliphatic rings. The number of ether oxygens (including phenoxy) is 1. The van der Waals surface area contributed by atoms with Gasteiger partial charge in [-0.1, -0.05) is 60.2 Å². The van der Waals surface area contributed by atoms with Crippen LogP contribution in [0.4, 0.5) is 5.69 Å². The van der Waals surface area contributed by atoms with Gasteiger partial charge in [-0.3, -0.25) is 14.5 Å². The summed E-state index contributed by atoms with van der Waals surface area (Å²) in [5.74, 6) is -1.05. The Hall–Kier alpha value is -3.86. The fourth-order valence-corrected chi connectivity index (χ4v) is 4.00. The van der Waals surface area contributed by atoms with Crippen molar-refractivity contribution in [3.8, 4) is 5.75 Å². The molecule has 0 radical (unpaired) electrons. The van der Waals surface area contributed by atoms with Crippen LogP contribution in [0.2, 0.25) is 0 Å². The standard InChI is InChI=1S/C26H23NO4/c1-16-8-6-10-18(14-16)23-22(24(28)19-11-7-12-20(15-19)31-3)25(29)26(30)27(23)21-13-5-4-9-17(21)2/h4-15,23,28H,1-3H3/b24-22-. The first-order valence-corrected chi connectivity index (χ1v) is 10.00. The number of benzene rings is 3. The van der Waals surface area contributed by atoms with Crippen molar-refractivity contribution < 1.29 is 19.4 Å². The van der Waals surface area contributed by atoms with Gasteiger partial charge in [-0.2, -0.15) is 0 Å². The van der Waals surface area contributed by atoms with Crippen LogP contribution in [0.15, 0.2) is 78.4 Å². The van der Waals surface area contributed by atoms with Crippen LogP contribution in [-0.2, 0) is 9.59 Å². The van der Waals surface area contributed by atoms with Crippen LogP contribution < -0.4 is 9.64 Å². The number of carbonyl (C=O) groups is 2.